The normalized spacial score (nSPS) is 11.6. The summed E-state index contributed by atoms with van der Waals surface area (Å²) < 4.78 is 4.94. The first-order valence-corrected chi connectivity index (χ1v) is 6.10. The molecule has 1 rings (SSSR count). The minimum absolute atomic E-state index is 0.134. The van der Waals surface area contributed by atoms with Crippen molar-refractivity contribution in [2.24, 2.45) is 0 Å². The first-order valence-electron chi connectivity index (χ1n) is 5.57. The number of halogens is 1. The number of nitrogens with zero attached hydrogens (tertiary/aromatic N) is 1. The molecule has 1 aromatic carbocycles. The van der Waals surface area contributed by atoms with Gasteiger partial charge in [-0.15, -0.1) is 11.6 Å². The zero-order valence-electron chi connectivity index (χ0n) is 10.1. The summed E-state index contributed by atoms with van der Waals surface area (Å²) in [6.45, 7) is 0.538. The number of benzene rings is 1. The SMILES string of the molecule is COCCC(CCl)NC(=O)c1cccc(C#N)c1. The van der Waals surface area contributed by atoms with Crippen molar-refractivity contribution in [3.05, 3.63) is 35.4 Å². The molecule has 1 unspecified atom stereocenters. The highest BCUT2D eigenvalue weighted by Gasteiger charge is 2.12. The van der Waals surface area contributed by atoms with E-state index >= 15 is 0 Å². The molecular formula is C13H15ClN2O2. The van der Waals surface area contributed by atoms with Crippen molar-refractivity contribution in [3.8, 4) is 6.07 Å². The number of methoxy groups -OCH3 is 1. The second kappa shape index (κ2) is 7.70. The summed E-state index contributed by atoms with van der Waals surface area (Å²) in [5.74, 6) is 0.0985. The first kappa shape index (κ1) is 14.5. The Bertz CT molecular complexity index is 443. The Kier molecular flexibility index (Phi) is 6.20. The Hall–Kier alpha value is -1.57. The van der Waals surface area contributed by atoms with E-state index in [1.807, 2.05) is 6.07 Å². The van der Waals surface area contributed by atoms with Crippen molar-refractivity contribution < 1.29 is 9.53 Å². The highest BCUT2D eigenvalue weighted by molar-refractivity contribution is 6.18. The molecule has 0 saturated carbocycles. The summed E-state index contributed by atoms with van der Waals surface area (Å²) >= 11 is 5.77. The van der Waals surface area contributed by atoms with Crippen molar-refractivity contribution in [3.63, 3.8) is 0 Å². The molecule has 0 aromatic heterocycles. The monoisotopic (exact) mass is 266 g/mol. The summed E-state index contributed by atoms with van der Waals surface area (Å²) in [5, 5.41) is 11.6. The van der Waals surface area contributed by atoms with Crippen molar-refractivity contribution in [1.29, 1.82) is 5.26 Å². The van der Waals surface area contributed by atoms with E-state index in [0.717, 1.165) is 0 Å². The number of hydrogen-bond acceptors (Lipinski definition) is 3. The van der Waals surface area contributed by atoms with Crippen LogP contribution in [-0.2, 0) is 4.74 Å². The average molecular weight is 267 g/mol. The Morgan fingerprint density at radius 2 is 2.39 bits per heavy atom. The van der Waals surface area contributed by atoms with Crippen LogP contribution in [0.4, 0.5) is 0 Å². The van der Waals surface area contributed by atoms with Crippen LogP contribution in [0.25, 0.3) is 0 Å². The highest BCUT2D eigenvalue weighted by Crippen LogP contribution is 2.05. The molecule has 1 N–H and O–H groups in total. The van der Waals surface area contributed by atoms with Crippen LogP contribution in [0.15, 0.2) is 24.3 Å². The number of carbonyl (C=O) groups is 1. The summed E-state index contributed by atoms with van der Waals surface area (Å²) in [6, 6.07) is 8.41. The molecule has 0 saturated heterocycles. The van der Waals surface area contributed by atoms with Gasteiger partial charge in [0.25, 0.3) is 5.91 Å². The van der Waals surface area contributed by atoms with Crippen LogP contribution in [0.1, 0.15) is 22.3 Å². The number of amides is 1. The van der Waals surface area contributed by atoms with Crippen LogP contribution in [0, 0.1) is 11.3 Å². The zero-order chi connectivity index (χ0) is 13.4. The number of alkyl halides is 1. The maximum absolute atomic E-state index is 11.9. The molecule has 0 aliphatic rings. The second-order valence-electron chi connectivity index (χ2n) is 3.80. The largest absolute Gasteiger partial charge is 0.385 e. The van der Waals surface area contributed by atoms with Gasteiger partial charge in [-0.05, 0) is 24.6 Å². The lowest BCUT2D eigenvalue weighted by Gasteiger charge is -2.15. The molecule has 0 radical (unpaired) electrons. The standard InChI is InChI=1S/C13H15ClN2O2/c1-18-6-5-12(8-14)16-13(17)11-4-2-3-10(7-11)9-15/h2-4,7,12H,5-6,8H2,1H3,(H,16,17). The zero-order valence-corrected chi connectivity index (χ0v) is 10.9. The van der Waals surface area contributed by atoms with Crippen molar-refractivity contribution in [2.45, 2.75) is 12.5 Å². The third-order valence-electron chi connectivity index (χ3n) is 2.45. The van der Waals surface area contributed by atoms with Gasteiger partial charge in [-0.25, -0.2) is 0 Å². The second-order valence-corrected chi connectivity index (χ2v) is 4.11. The number of nitrogens with one attached hydrogen (secondary N) is 1. The molecule has 1 atom stereocenters. The van der Waals surface area contributed by atoms with E-state index in [1.54, 1.807) is 31.4 Å². The molecule has 96 valence electrons. The number of hydrogen-bond donors (Lipinski definition) is 1. The fourth-order valence-corrected chi connectivity index (χ4v) is 1.68. The number of ether oxygens (including phenoxy) is 1. The van der Waals surface area contributed by atoms with Crippen LogP contribution >= 0.6 is 11.6 Å². The summed E-state index contributed by atoms with van der Waals surface area (Å²) in [5.41, 5.74) is 0.920. The van der Waals surface area contributed by atoms with E-state index in [1.165, 1.54) is 0 Å². The van der Waals surface area contributed by atoms with Gasteiger partial charge >= 0.3 is 0 Å². The highest BCUT2D eigenvalue weighted by atomic mass is 35.5. The lowest BCUT2D eigenvalue weighted by atomic mass is 10.1. The van der Waals surface area contributed by atoms with Gasteiger partial charge in [-0.2, -0.15) is 5.26 Å². The molecule has 0 fully saturated rings. The molecule has 4 nitrogen and oxygen atoms in total. The lowest BCUT2D eigenvalue weighted by Crippen LogP contribution is -2.37. The number of rotatable bonds is 6. The van der Waals surface area contributed by atoms with Gasteiger partial charge in [0, 0.05) is 31.2 Å². The Balaban J connectivity index is 2.66. The fraction of sp³-hybridized carbons (Fsp3) is 0.385. The van der Waals surface area contributed by atoms with Crippen LogP contribution in [-0.4, -0.2) is 31.5 Å². The molecular weight excluding hydrogens is 252 g/mol. The number of carbonyl (C=O) groups excluding carboxylic acids is 1. The summed E-state index contributed by atoms with van der Waals surface area (Å²) in [7, 11) is 1.60. The molecule has 1 amide bonds. The first-order chi connectivity index (χ1) is 8.71. The summed E-state index contributed by atoms with van der Waals surface area (Å²) in [6.07, 6.45) is 0.656. The van der Waals surface area contributed by atoms with Crippen molar-refractivity contribution in [2.75, 3.05) is 19.6 Å². The Morgan fingerprint density at radius 3 is 3.00 bits per heavy atom. The lowest BCUT2D eigenvalue weighted by molar-refractivity contribution is 0.0930. The van der Waals surface area contributed by atoms with Gasteiger partial charge in [0.1, 0.15) is 0 Å². The predicted octanol–water partition coefficient (Wildman–Crippen LogP) is 1.93. The van der Waals surface area contributed by atoms with E-state index in [4.69, 9.17) is 21.6 Å². The van der Waals surface area contributed by atoms with E-state index in [2.05, 4.69) is 5.32 Å². The minimum Gasteiger partial charge on any atom is -0.385 e. The van der Waals surface area contributed by atoms with Gasteiger partial charge in [0.05, 0.1) is 11.6 Å². The Morgan fingerprint density at radius 1 is 1.61 bits per heavy atom. The van der Waals surface area contributed by atoms with Crippen LogP contribution in [0.3, 0.4) is 0 Å². The quantitative estimate of drug-likeness (QED) is 0.801. The molecule has 1 aromatic rings. The molecule has 5 heteroatoms. The molecule has 0 heterocycles. The Labute approximate surface area is 112 Å². The third kappa shape index (κ3) is 4.36. The van der Waals surface area contributed by atoms with Gasteiger partial charge in [-0.1, -0.05) is 6.07 Å². The predicted molar refractivity (Wildman–Crippen MR) is 69.6 cm³/mol. The van der Waals surface area contributed by atoms with Gasteiger partial charge in [0.2, 0.25) is 0 Å². The molecule has 0 bridgehead atoms. The van der Waals surface area contributed by atoms with Crippen LogP contribution < -0.4 is 5.32 Å². The topological polar surface area (TPSA) is 62.1 Å². The smallest absolute Gasteiger partial charge is 0.251 e. The fourth-order valence-electron chi connectivity index (χ4n) is 1.45. The minimum atomic E-state index is -0.228. The van der Waals surface area contributed by atoms with Crippen LogP contribution in [0.5, 0.6) is 0 Å². The van der Waals surface area contributed by atoms with E-state index in [0.29, 0.717) is 30.0 Å². The van der Waals surface area contributed by atoms with E-state index in [-0.39, 0.29) is 11.9 Å². The van der Waals surface area contributed by atoms with Gasteiger partial charge in [0.15, 0.2) is 0 Å². The van der Waals surface area contributed by atoms with Gasteiger partial charge in [-0.3, -0.25) is 4.79 Å². The average Bonchev–Trinajstić information content (AvgIpc) is 2.43. The van der Waals surface area contributed by atoms with Gasteiger partial charge < -0.3 is 10.1 Å². The molecule has 0 spiro atoms. The molecule has 0 aliphatic carbocycles. The maximum Gasteiger partial charge on any atom is 0.251 e. The number of nitriles is 1. The van der Waals surface area contributed by atoms with E-state index in [9.17, 15) is 4.79 Å². The maximum atomic E-state index is 11.9. The van der Waals surface area contributed by atoms with Crippen molar-refractivity contribution >= 4 is 17.5 Å². The molecule has 0 aliphatic heterocycles. The van der Waals surface area contributed by atoms with E-state index < -0.39 is 0 Å². The molecule has 18 heavy (non-hydrogen) atoms. The van der Waals surface area contributed by atoms with Crippen LogP contribution in [0.2, 0.25) is 0 Å². The summed E-state index contributed by atoms with van der Waals surface area (Å²) in [4.78, 5) is 11.9. The third-order valence-corrected chi connectivity index (χ3v) is 2.82. The van der Waals surface area contributed by atoms with Crippen molar-refractivity contribution in [1.82, 2.24) is 5.32 Å².